The molecule has 1 aromatic rings. The van der Waals surface area contributed by atoms with Crippen molar-refractivity contribution in [1.29, 1.82) is 0 Å². The molecule has 0 atom stereocenters. The van der Waals surface area contributed by atoms with Crippen LogP contribution >= 0.6 is 0 Å². The highest BCUT2D eigenvalue weighted by atomic mass is 16.5. The van der Waals surface area contributed by atoms with Crippen LogP contribution in [0.5, 0.6) is 0 Å². The van der Waals surface area contributed by atoms with Crippen molar-refractivity contribution in [2.24, 2.45) is 0 Å². The molecule has 2 N–H and O–H groups in total. The summed E-state index contributed by atoms with van der Waals surface area (Å²) in [5, 5.41) is 15.5. The molecular weight excluding hydrogens is 264 g/mol. The molecule has 0 aromatic carbocycles. The first-order valence-electron chi connectivity index (χ1n) is 6.25. The van der Waals surface area contributed by atoms with E-state index in [0.29, 0.717) is 18.8 Å². The fourth-order valence-electron chi connectivity index (χ4n) is 1.57. The van der Waals surface area contributed by atoms with E-state index >= 15 is 0 Å². The number of aliphatic carboxylic acids is 1. The van der Waals surface area contributed by atoms with Crippen molar-refractivity contribution in [3.8, 4) is 0 Å². The van der Waals surface area contributed by atoms with E-state index in [1.165, 1.54) is 11.1 Å². The Labute approximate surface area is 117 Å². The standard InChI is InChI=1S/C12H20N4O4/c1-9(2)16(8-11(17)18)12(19)14-10-6-13-15(7-10)4-5-20-3/h6-7,9H,4-5,8H2,1-3H3,(H,14,19)(H,17,18). The third kappa shape index (κ3) is 4.88. The van der Waals surface area contributed by atoms with Gasteiger partial charge in [0.25, 0.3) is 0 Å². The molecule has 1 rings (SSSR count). The molecule has 0 saturated carbocycles. The van der Waals surface area contributed by atoms with Crippen LogP contribution in [0.15, 0.2) is 12.4 Å². The van der Waals surface area contributed by atoms with Crippen LogP contribution in [-0.2, 0) is 16.1 Å². The molecule has 1 aromatic heterocycles. The van der Waals surface area contributed by atoms with Crippen molar-refractivity contribution < 1.29 is 19.4 Å². The van der Waals surface area contributed by atoms with Gasteiger partial charge in [0.15, 0.2) is 0 Å². The number of carboxylic acid groups (broad SMARTS) is 1. The first-order chi connectivity index (χ1) is 9.43. The van der Waals surface area contributed by atoms with Crippen LogP contribution in [0.4, 0.5) is 10.5 Å². The smallest absolute Gasteiger partial charge is 0.323 e. The van der Waals surface area contributed by atoms with Crippen LogP contribution in [0.3, 0.4) is 0 Å². The Kier molecular flexibility index (Phi) is 5.98. The van der Waals surface area contributed by atoms with Crippen LogP contribution in [0.25, 0.3) is 0 Å². The number of carbonyl (C=O) groups excluding carboxylic acids is 1. The van der Waals surface area contributed by atoms with E-state index in [9.17, 15) is 9.59 Å². The number of nitrogens with zero attached hydrogens (tertiary/aromatic N) is 3. The topological polar surface area (TPSA) is 96.7 Å². The van der Waals surface area contributed by atoms with Crippen molar-refractivity contribution >= 4 is 17.7 Å². The number of nitrogens with one attached hydrogen (secondary N) is 1. The van der Waals surface area contributed by atoms with Crippen LogP contribution in [0.2, 0.25) is 0 Å². The molecule has 0 aliphatic carbocycles. The van der Waals surface area contributed by atoms with Gasteiger partial charge in [-0.25, -0.2) is 4.79 Å². The Morgan fingerprint density at radius 3 is 2.80 bits per heavy atom. The summed E-state index contributed by atoms with van der Waals surface area (Å²) in [5.74, 6) is -1.05. The number of hydrogen-bond donors (Lipinski definition) is 2. The van der Waals surface area contributed by atoms with E-state index in [0.717, 1.165) is 0 Å². The molecule has 0 saturated heterocycles. The number of carboxylic acids is 1. The SMILES string of the molecule is COCCn1cc(NC(=O)N(CC(=O)O)C(C)C)cn1. The fourth-order valence-corrected chi connectivity index (χ4v) is 1.57. The highest BCUT2D eigenvalue weighted by Gasteiger charge is 2.20. The van der Waals surface area contributed by atoms with Gasteiger partial charge >= 0.3 is 12.0 Å². The van der Waals surface area contributed by atoms with E-state index in [1.807, 2.05) is 0 Å². The van der Waals surface area contributed by atoms with Crippen molar-refractivity contribution in [2.45, 2.75) is 26.4 Å². The Bertz CT molecular complexity index is 458. The maximum atomic E-state index is 12.0. The molecule has 20 heavy (non-hydrogen) atoms. The number of ether oxygens (including phenoxy) is 1. The number of rotatable bonds is 7. The first kappa shape index (κ1) is 16.0. The van der Waals surface area contributed by atoms with Gasteiger partial charge < -0.3 is 20.1 Å². The maximum absolute atomic E-state index is 12.0. The summed E-state index contributed by atoms with van der Waals surface area (Å²) in [7, 11) is 1.60. The van der Waals surface area contributed by atoms with Gasteiger partial charge in [-0.3, -0.25) is 9.48 Å². The van der Waals surface area contributed by atoms with Gasteiger partial charge in [-0.05, 0) is 13.8 Å². The third-order valence-corrected chi connectivity index (χ3v) is 2.60. The minimum atomic E-state index is -1.05. The molecule has 0 bridgehead atoms. The molecule has 0 fully saturated rings. The monoisotopic (exact) mass is 284 g/mol. The van der Waals surface area contributed by atoms with Crippen molar-refractivity contribution in [2.75, 3.05) is 25.6 Å². The van der Waals surface area contributed by atoms with Gasteiger partial charge in [0.05, 0.1) is 25.0 Å². The van der Waals surface area contributed by atoms with E-state index in [1.54, 1.807) is 31.8 Å². The maximum Gasteiger partial charge on any atom is 0.323 e. The number of methoxy groups -OCH3 is 1. The Morgan fingerprint density at radius 1 is 1.55 bits per heavy atom. The van der Waals surface area contributed by atoms with Gasteiger partial charge in [0.2, 0.25) is 0 Å². The fraction of sp³-hybridized carbons (Fsp3) is 0.583. The molecule has 0 spiro atoms. The Hall–Kier alpha value is -2.09. The summed E-state index contributed by atoms with van der Waals surface area (Å²) >= 11 is 0. The van der Waals surface area contributed by atoms with Gasteiger partial charge in [0, 0.05) is 19.3 Å². The highest BCUT2D eigenvalue weighted by molar-refractivity contribution is 5.91. The average Bonchev–Trinajstić information content (AvgIpc) is 2.80. The second kappa shape index (κ2) is 7.49. The number of carbonyl (C=O) groups is 2. The number of urea groups is 1. The highest BCUT2D eigenvalue weighted by Crippen LogP contribution is 2.08. The molecular formula is C12H20N4O4. The largest absolute Gasteiger partial charge is 0.480 e. The predicted octanol–water partition coefficient (Wildman–Crippen LogP) is 0.856. The molecule has 1 heterocycles. The number of aromatic nitrogens is 2. The van der Waals surface area contributed by atoms with Gasteiger partial charge in [-0.15, -0.1) is 0 Å². The normalized spacial score (nSPS) is 10.6. The van der Waals surface area contributed by atoms with Crippen LogP contribution in [-0.4, -0.2) is 58.1 Å². The lowest BCUT2D eigenvalue weighted by molar-refractivity contribution is -0.137. The van der Waals surface area contributed by atoms with Crippen LogP contribution in [0.1, 0.15) is 13.8 Å². The predicted molar refractivity (Wildman–Crippen MR) is 72.6 cm³/mol. The van der Waals surface area contributed by atoms with E-state index in [-0.39, 0.29) is 12.6 Å². The second-order valence-electron chi connectivity index (χ2n) is 4.53. The summed E-state index contributed by atoms with van der Waals surface area (Å²) in [6.07, 6.45) is 3.17. The average molecular weight is 284 g/mol. The lowest BCUT2D eigenvalue weighted by atomic mass is 10.3. The summed E-state index contributed by atoms with van der Waals surface area (Å²) in [6.45, 7) is 4.26. The minimum absolute atomic E-state index is 0.213. The molecule has 0 radical (unpaired) electrons. The summed E-state index contributed by atoms with van der Waals surface area (Å²) in [6, 6.07) is -0.677. The van der Waals surface area contributed by atoms with Crippen molar-refractivity contribution in [1.82, 2.24) is 14.7 Å². The molecule has 8 nitrogen and oxygen atoms in total. The van der Waals surface area contributed by atoms with E-state index in [4.69, 9.17) is 9.84 Å². The Balaban J connectivity index is 2.63. The Morgan fingerprint density at radius 2 is 2.25 bits per heavy atom. The molecule has 0 aliphatic heterocycles. The number of amides is 2. The minimum Gasteiger partial charge on any atom is -0.480 e. The second-order valence-corrected chi connectivity index (χ2v) is 4.53. The summed E-state index contributed by atoms with van der Waals surface area (Å²) in [5.41, 5.74) is 0.516. The lowest BCUT2D eigenvalue weighted by Gasteiger charge is -2.24. The zero-order chi connectivity index (χ0) is 15.1. The molecule has 0 aliphatic rings. The number of anilines is 1. The summed E-state index contributed by atoms with van der Waals surface area (Å²) < 4.78 is 6.56. The molecule has 8 heteroatoms. The van der Waals surface area contributed by atoms with Gasteiger partial charge in [0.1, 0.15) is 6.54 Å². The zero-order valence-electron chi connectivity index (χ0n) is 11.9. The van der Waals surface area contributed by atoms with Gasteiger partial charge in [-0.1, -0.05) is 0 Å². The van der Waals surface area contributed by atoms with E-state index < -0.39 is 12.0 Å². The lowest BCUT2D eigenvalue weighted by Crippen LogP contribution is -2.43. The number of hydrogen-bond acceptors (Lipinski definition) is 4. The third-order valence-electron chi connectivity index (χ3n) is 2.60. The first-order valence-corrected chi connectivity index (χ1v) is 6.25. The van der Waals surface area contributed by atoms with Crippen LogP contribution < -0.4 is 5.32 Å². The molecule has 0 unspecified atom stereocenters. The van der Waals surface area contributed by atoms with Crippen molar-refractivity contribution in [3.05, 3.63) is 12.4 Å². The van der Waals surface area contributed by atoms with Crippen LogP contribution in [0, 0.1) is 0 Å². The molecule has 112 valence electrons. The zero-order valence-corrected chi connectivity index (χ0v) is 11.9. The van der Waals surface area contributed by atoms with E-state index in [2.05, 4.69) is 10.4 Å². The van der Waals surface area contributed by atoms with Crippen molar-refractivity contribution in [3.63, 3.8) is 0 Å². The molecule has 2 amide bonds. The quantitative estimate of drug-likeness (QED) is 0.774. The summed E-state index contributed by atoms with van der Waals surface area (Å²) in [4.78, 5) is 24.0. The van der Waals surface area contributed by atoms with Gasteiger partial charge in [-0.2, -0.15) is 5.10 Å².